The van der Waals surface area contributed by atoms with Gasteiger partial charge in [-0.2, -0.15) is 61.5 Å². The highest BCUT2D eigenvalue weighted by Gasteiger charge is 2.74. The van der Waals surface area contributed by atoms with Crippen molar-refractivity contribution in [3.05, 3.63) is 12.2 Å². The van der Waals surface area contributed by atoms with E-state index in [9.17, 15) is 71.1 Å². The number of rotatable bonds is 8. The largest absolute Gasteiger partial charge is 0.460 e. The maximum Gasteiger partial charge on any atom is 0.460 e. The zero-order chi connectivity index (χ0) is 29.5. The lowest BCUT2D eigenvalue weighted by molar-refractivity contribution is -0.360. The molecule has 0 aromatic carbocycles. The summed E-state index contributed by atoms with van der Waals surface area (Å²) in [6.45, 7) is -5.60. The molecule has 4 nitrogen and oxygen atoms in total. The Kier molecular flexibility index (Phi) is 8.69. The van der Waals surface area contributed by atoms with Crippen molar-refractivity contribution >= 4 is 11.9 Å². The minimum atomic E-state index is -6.74. The first kappa shape index (κ1) is 31.9. The zero-order valence-corrected chi connectivity index (χ0v) is 18.6. The van der Waals surface area contributed by atoms with Crippen molar-refractivity contribution in [3.63, 3.8) is 0 Å². The highest BCUT2D eigenvalue weighted by atomic mass is 19.4. The predicted octanol–water partition coefficient (Wildman–Crippen LogP) is 6.35. The number of carbonyl (C=O) groups excluding carboxylic acids is 2. The van der Waals surface area contributed by atoms with Crippen LogP contribution in [0.3, 0.4) is 0 Å². The molecule has 0 aromatic rings. The molecule has 0 aliphatic heterocycles. The molecule has 0 heterocycles. The van der Waals surface area contributed by atoms with Gasteiger partial charge in [-0.3, -0.25) is 9.59 Å². The van der Waals surface area contributed by atoms with E-state index < -0.39 is 84.9 Å². The molecule has 1 fully saturated rings. The number of allylic oxidation sites excluding steroid dienone is 2. The number of alkyl halides is 14. The van der Waals surface area contributed by atoms with Crippen molar-refractivity contribution in [1.82, 2.24) is 0 Å². The van der Waals surface area contributed by atoms with Gasteiger partial charge < -0.3 is 9.47 Å². The first-order valence-corrected chi connectivity index (χ1v) is 10.6. The van der Waals surface area contributed by atoms with E-state index in [1.54, 1.807) is 12.2 Å². The second kappa shape index (κ2) is 10.4. The second-order valence-electron chi connectivity index (χ2n) is 8.77. The summed E-state index contributed by atoms with van der Waals surface area (Å²) in [6.07, 6.45) is -9.97. The number of hydrogen-bond donors (Lipinski definition) is 0. The van der Waals surface area contributed by atoms with Crippen molar-refractivity contribution in [2.75, 3.05) is 13.2 Å². The Morgan fingerprint density at radius 1 is 0.579 bits per heavy atom. The quantitative estimate of drug-likeness (QED) is 0.189. The van der Waals surface area contributed by atoms with Crippen LogP contribution in [-0.4, -0.2) is 61.2 Å². The van der Waals surface area contributed by atoms with E-state index in [4.69, 9.17) is 0 Å². The Morgan fingerprint density at radius 2 is 0.868 bits per heavy atom. The Bertz CT molecular complexity index is 836. The van der Waals surface area contributed by atoms with E-state index in [1.165, 1.54) is 0 Å². The summed E-state index contributed by atoms with van der Waals surface area (Å²) >= 11 is 0. The highest BCUT2D eigenvalue weighted by Crippen LogP contribution is 2.54. The van der Waals surface area contributed by atoms with Gasteiger partial charge in [-0.05, 0) is 37.5 Å². The van der Waals surface area contributed by atoms with Crippen LogP contribution in [-0.2, 0) is 19.1 Å². The fourth-order valence-electron chi connectivity index (χ4n) is 4.27. The first-order valence-electron chi connectivity index (χ1n) is 10.6. The van der Waals surface area contributed by atoms with Crippen LogP contribution in [0.4, 0.5) is 61.5 Å². The molecule has 38 heavy (non-hydrogen) atoms. The summed E-state index contributed by atoms with van der Waals surface area (Å²) in [7, 11) is 0. The third kappa shape index (κ3) is 5.82. The van der Waals surface area contributed by atoms with Gasteiger partial charge in [0.15, 0.2) is 13.2 Å². The minimum Gasteiger partial charge on any atom is -0.459 e. The number of carbonyl (C=O) groups is 2. The number of ether oxygens (including phenoxy) is 2. The Balaban J connectivity index is 2.22. The van der Waals surface area contributed by atoms with Crippen LogP contribution in [0.25, 0.3) is 0 Å². The van der Waals surface area contributed by atoms with Gasteiger partial charge in [-0.15, -0.1) is 0 Å². The zero-order valence-electron chi connectivity index (χ0n) is 18.6. The van der Waals surface area contributed by atoms with Crippen molar-refractivity contribution < 1.29 is 80.5 Å². The van der Waals surface area contributed by atoms with E-state index in [-0.39, 0.29) is 25.7 Å². The number of hydrogen-bond acceptors (Lipinski definition) is 4. The van der Waals surface area contributed by atoms with Crippen molar-refractivity contribution in [2.24, 2.45) is 23.7 Å². The first-order chi connectivity index (χ1) is 17.0. The van der Waals surface area contributed by atoms with Crippen molar-refractivity contribution in [3.8, 4) is 0 Å². The third-order valence-electron chi connectivity index (χ3n) is 6.33. The monoisotopic (exact) mass is 588 g/mol. The molecule has 0 radical (unpaired) electrons. The normalized spacial score (nSPS) is 26.4. The number of halogens is 14. The second-order valence-corrected chi connectivity index (χ2v) is 8.77. The van der Waals surface area contributed by atoms with Crippen molar-refractivity contribution in [2.45, 2.75) is 61.7 Å². The molecule has 18 heteroatoms. The summed E-state index contributed by atoms with van der Waals surface area (Å²) < 4.78 is 188. The molecule has 2 aliphatic carbocycles. The topological polar surface area (TPSA) is 52.6 Å². The molecular weight excluding hydrogens is 570 g/mol. The molecule has 2 aliphatic rings. The van der Waals surface area contributed by atoms with Crippen LogP contribution in [0.15, 0.2) is 12.2 Å². The molecule has 220 valence electrons. The molecule has 0 spiro atoms. The van der Waals surface area contributed by atoms with Gasteiger partial charge in [0, 0.05) is 0 Å². The molecule has 2 rings (SSSR count). The van der Waals surface area contributed by atoms with Gasteiger partial charge in [-0.25, -0.2) is 0 Å². The van der Waals surface area contributed by atoms with Gasteiger partial charge in [0.25, 0.3) is 0 Å². The maximum atomic E-state index is 13.5. The van der Waals surface area contributed by atoms with Crippen molar-refractivity contribution in [1.29, 1.82) is 0 Å². The Morgan fingerprint density at radius 3 is 1.13 bits per heavy atom. The van der Waals surface area contributed by atoms with E-state index in [1.807, 2.05) is 0 Å². The van der Waals surface area contributed by atoms with E-state index >= 15 is 0 Å². The average Bonchev–Trinajstić information content (AvgIpc) is 2.73. The Hall–Kier alpha value is -2.30. The molecule has 4 atom stereocenters. The summed E-state index contributed by atoms with van der Waals surface area (Å²) in [6, 6.07) is 0. The number of esters is 2. The summed E-state index contributed by atoms with van der Waals surface area (Å²) in [5, 5.41) is 0. The van der Waals surface area contributed by atoms with E-state index in [2.05, 4.69) is 9.47 Å². The lowest BCUT2D eigenvalue weighted by atomic mass is 9.53. The third-order valence-corrected chi connectivity index (χ3v) is 6.33. The molecule has 0 unspecified atom stereocenters. The molecule has 0 N–H and O–H groups in total. The summed E-state index contributed by atoms with van der Waals surface area (Å²) in [5.41, 5.74) is 0. The van der Waals surface area contributed by atoms with Gasteiger partial charge in [0.2, 0.25) is 0 Å². The molecule has 0 aromatic heterocycles. The fourth-order valence-corrected chi connectivity index (χ4v) is 4.27. The summed E-state index contributed by atoms with van der Waals surface area (Å²) in [4.78, 5) is 24.8. The standard InChI is InChI=1S/C20H18F14O4/c21-15(22,17(25,26)19(29,30)31)7-37-13(35)11-9-5-3-1-2-4-6-10(9)12(11)14(36)38-8-16(23,24)18(27,28)20(32,33)34/h1-2,9-12H,3-8H2/b2-1+/t9-,10-,11-,12+/m0/s1. The van der Waals surface area contributed by atoms with Crippen LogP contribution in [0.5, 0.6) is 0 Å². The molecule has 0 saturated heterocycles. The van der Waals surface area contributed by atoms with Crippen LogP contribution in [0.2, 0.25) is 0 Å². The lowest BCUT2D eigenvalue weighted by Crippen LogP contribution is -2.58. The van der Waals surface area contributed by atoms with Crippen LogP contribution in [0, 0.1) is 23.7 Å². The molecule has 0 amide bonds. The molecular formula is C20H18F14O4. The molecule has 0 bridgehead atoms. The lowest BCUT2D eigenvalue weighted by Gasteiger charge is -2.50. The van der Waals surface area contributed by atoms with E-state index in [0.717, 1.165) is 0 Å². The van der Waals surface area contributed by atoms with Crippen LogP contribution in [0.1, 0.15) is 25.7 Å². The predicted molar refractivity (Wildman–Crippen MR) is 95.4 cm³/mol. The maximum absolute atomic E-state index is 13.5. The van der Waals surface area contributed by atoms with Gasteiger partial charge in [0.05, 0.1) is 11.8 Å². The summed E-state index contributed by atoms with van der Waals surface area (Å²) in [5.74, 6) is -34.9. The van der Waals surface area contributed by atoms with E-state index in [0.29, 0.717) is 0 Å². The fraction of sp³-hybridized carbons (Fsp3) is 0.800. The Labute approximate surface area is 204 Å². The number of fused-ring (bicyclic) bond motifs is 1. The minimum absolute atomic E-state index is 0.0118. The average molecular weight is 588 g/mol. The SMILES string of the molecule is O=C(OCC(F)(F)C(F)(F)C(F)(F)F)[C@@H]1[C@H]2CC/C=C/CC[C@@H]2[C@@H]1C(=O)OCC(F)(F)C(F)(F)C(F)(F)F. The smallest absolute Gasteiger partial charge is 0.459 e. The van der Waals surface area contributed by atoms with Gasteiger partial charge >= 0.3 is 48.0 Å². The van der Waals surface area contributed by atoms with Crippen LogP contribution < -0.4 is 0 Å². The van der Waals surface area contributed by atoms with Crippen LogP contribution >= 0.6 is 0 Å². The highest BCUT2D eigenvalue weighted by molar-refractivity contribution is 5.85. The van der Waals surface area contributed by atoms with Gasteiger partial charge in [-0.1, -0.05) is 12.2 Å². The van der Waals surface area contributed by atoms with Gasteiger partial charge in [0.1, 0.15) is 0 Å². The molecule has 1 saturated carbocycles.